The van der Waals surface area contributed by atoms with E-state index in [9.17, 15) is 9.59 Å². The van der Waals surface area contributed by atoms with Gasteiger partial charge in [0.25, 0.3) is 5.91 Å². The zero-order chi connectivity index (χ0) is 19.2. The summed E-state index contributed by atoms with van der Waals surface area (Å²) in [5.74, 6) is 1.14. The number of hydrogen-bond acceptors (Lipinski definition) is 4. The van der Waals surface area contributed by atoms with E-state index in [0.29, 0.717) is 24.6 Å². The van der Waals surface area contributed by atoms with Gasteiger partial charge in [0.2, 0.25) is 5.91 Å². The predicted molar refractivity (Wildman–Crippen MR) is 102 cm³/mol. The first-order valence-corrected chi connectivity index (χ1v) is 9.33. The number of nitrogens with zero attached hydrogens (tertiary/aromatic N) is 3. The van der Waals surface area contributed by atoms with Gasteiger partial charge in [-0.3, -0.25) is 9.59 Å². The minimum atomic E-state index is -0.276. The van der Waals surface area contributed by atoms with Crippen LogP contribution in [0.1, 0.15) is 36.7 Å². The minimum absolute atomic E-state index is 0.102. The highest BCUT2D eigenvalue weighted by molar-refractivity contribution is 5.92. The molecular weight excluding hydrogens is 344 g/mol. The van der Waals surface area contributed by atoms with Crippen LogP contribution < -0.4 is 10.1 Å². The van der Waals surface area contributed by atoms with Gasteiger partial charge in [0.1, 0.15) is 5.75 Å². The number of methoxy groups -OCH3 is 1. The van der Waals surface area contributed by atoms with Crippen molar-refractivity contribution in [2.45, 2.75) is 26.2 Å². The lowest BCUT2D eigenvalue weighted by Gasteiger charge is -2.31. The SMILES string of the molecule is COc1ccc(-n2ccc(C(=O)NCCC(=O)N3CCCC(C)C3)n2)cc1. The third-order valence-corrected chi connectivity index (χ3v) is 4.79. The van der Waals surface area contributed by atoms with Gasteiger partial charge in [-0.25, -0.2) is 4.68 Å². The molecule has 144 valence electrons. The van der Waals surface area contributed by atoms with E-state index in [1.807, 2.05) is 29.2 Å². The Kier molecular flexibility index (Phi) is 6.11. The second-order valence-electron chi connectivity index (χ2n) is 6.94. The van der Waals surface area contributed by atoms with E-state index in [0.717, 1.165) is 30.9 Å². The molecule has 1 aliphatic rings. The monoisotopic (exact) mass is 370 g/mol. The smallest absolute Gasteiger partial charge is 0.271 e. The van der Waals surface area contributed by atoms with Crippen molar-refractivity contribution in [3.8, 4) is 11.4 Å². The number of hydrogen-bond donors (Lipinski definition) is 1. The third-order valence-electron chi connectivity index (χ3n) is 4.79. The van der Waals surface area contributed by atoms with Crippen molar-refractivity contribution in [1.29, 1.82) is 0 Å². The Bertz CT molecular complexity index is 785. The number of rotatable bonds is 6. The van der Waals surface area contributed by atoms with Crippen LogP contribution in [0.5, 0.6) is 5.75 Å². The van der Waals surface area contributed by atoms with Crippen molar-refractivity contribution in [2.75, 3.05) is 26.7 Å². The first-order chi connectivity index (χ1) is 13.1. The maximum Gasteiger partial charge on any atom is 0.271 e. The van der Waals surface area contributed by atoms with Crippen LogP contribution in [-0.2, 0) is 4.79 Å². The number of piperidine rings is 1. The van der Waals surface area contributed by atoms with Crippen LogP contribution in [0.15, 0.2) is 36.5 Å². The summed E-state index contributed by atoms with van der Waals surface area (Å²) in [5.41, 5.74) is 1.16. The number of likely N-dealkylation sites (tertiary alicyclic amines) is 1. The van der Waals surface area contributed by atoms with Crippen LogP contribution in [-0.4, -0.2) is 53.2 Å². The molecule has 0 spiro atoms. The summed E-state index contributed by atoms with van der Waals surface area (Å²) in [5, 5.41) is 7.08. The van der Waals surface area contributed by atoms with Gasteiger partial charge >= 0.3 is 0 Å². The van der Waals surface area contributed by atoms with Gasteiger partial charge in [0.05, 0.1) is 12.8 Å². The Labute approximate surface area is 159 Å². The van der Waals surface area contributed by atoms with Crippen molar-refractivity contribution in [3.05, 3.63) is 42.2 Å². The molecule has 2 heterocycles. The van der Waals surface area contributed by atoms with Crippen LogP contribution >= 0.6 is 0 Å². The molecule has 1 saturated heterocycles. The number of aromatic nitrogens is 2. The zero-order valence-corrected chi connectivity index (χ0v) is 15.9. The van der Waals surface area contributed by atoms with Gasteiger partial charge in [-0.05, 0) is 49.1 Å². The van der Waals surface area contributed by atoms with Crippen molar-refractivity contribution < 1.29 is 14.3 Å². The summed E-state index contributed by atoms with van der Waals surface area (Å²) in [4.78, 5) is 26.4. The fourth-order valence-corrected chi connectivity index (χ4v) is 3.27. The number of benzene rings is 1. The maximum absolute atomic E-state index is 12.3. The maximum atomic E-state index is 12.3. The van der Waals surface area contributed by atoms with Gasteiger partial charge in [-0.15, -0.1) is 0 Å². The summed E-state index contributed by atoms with van der Waals surface area (Å²) in [6.45, 7) is 4.13. The molecule has 1 aliphatic heterocycles. The van der Waals surface area contributed by atoms with Crippen molar-refractivity contribution in [1.82, 2.24) is 20.0 Å². The lowest BCUT2D eigenvalue weighted by molar-refractivity contribution is -0.132. The lowest BCUT2D eigenvalue weighted by Crippen LogP contribution is -2.40. The molecule has 1 aromatic carbocycles. The van der Waals surface area contributed by atoms with E-state index in [1.165, 1.54) is 6.42 Å². The fraction of sp³-hybridized carbons (Fsp3) is 0.450. The van der Waals surface area contributed by atoms with Crippen LogP contribution in [0.4, 0.5) is 0 Å². The molecule has 1 fully saturated rings. The summed E-state index contributed by atoms with van der Waals surface area (Å²) >= 11 is 0. The van der Waals surface area contributed by atoms with E-state index in [2.05, 4.69) is 17.3 Å². The predicted octanol–water partition coefficient (Wildman–Crippen LogP) is 2.26. The summed E-state index contributed by atoms with van der Waals surface area (Å²) < 4.78 is 6.77. The molecule has 1 atom stereocenters. The number of carbonyl (C=O) groups is 2. The van der Waals surface area contributed by atoms with Crippen molar-refractivity contribution in [2.24, 2.45) is 5.92 Å². The number of nitrogens with one attached hydrogen (secondary N) is 1. The Balaban J connectivity index is 1.49. The van der Waals surface area contributed by atoms with Crippen LogP contribution in [0, 0.1) is 5.92 Å². The molecule has 7 nitrogen and oxygen atoms in total. The van der Waals surface area contributed by atoms with E-state index in [4.69, 9.17) is 4.74 Å². The number of amides is 2. The molecular formula is C20H26N4O3. The second-order valence-corrected chi connectivity index (χ2v) is 6.94. The molecule has 3 rings (SSSR count). The van der Waals surface area contributed by atoms with Crippen LogP contribution in [0.2, 0.25) is 0 Å². The molecule has 2 amide bonds. The molecule has 27 heavy (non-hydrogen) atoms. The van der Waals surface area contributed by atoms with Crippen LogP contribution in [0.25, 0.3) is 5.69 Å². The zero-order valence-electron chi connectivity index (χ0n) is 15.9. The summed E-state index contributed by atoms with van der Waals surface area (Å²) in [6, 6.07) is 9.07. The van der Waals surface area contributed by atoms with Gasteiger partial charge in [0, 0.05) is 32.3 Å². The highest BCUT2D eigenvalue weighted by atomic mass is 16.5. The van der Waals surface area contributed by atoms with Gasteiger partial charge in [-0.2, -0.15) is 5.10 Å². The molecule has 0 bridgehead atoms. The topological polar surface area (TPSA) is 76.5 Å². The van der Waals surface area contributed by atoms with Crippen LogP contribution in [0.3, 0.4) is 0 Å². The van der Waals surface area contributed by atoms with Crippen molar-refractivity contribution >= 4 is 11.8 Å². The van der Waals surface area contributed by atoms with Gasteiger partial charge in [-0.1, -0.05) is 6.92 Å². The van der Waals surface area contributed by atoms with E-state index in [1.54, 1.807) is 24.1 Å². The summed E-state index contributed by atoms with van der Waals surface area (Å²) in [6.07, 6.45) is 4.29. The third kappa shape index (κ3) is 4.87. The second kappa shape index (κ2) is 8.70. The molecule has 0 aliphatic carbocycles. The minimum Gasteiger partial charge on any atom is -0.497 e. The Morgan fingerprint density at radius 1 is 1.26 bits per heavy atom. The van der Waals surface area contributed by atoms with E-state index >= 15 is 0 Å². The number of carbonyl (C=O) groups excluding carboxylic acids is 2. The average Bonchev–Trinajstić information content (AvgIpc) is 3.18. The molecule has 0 radical (unpaired) electrons. The van der Waals surface area contributed by atoms with Gasteiger partial charge < -0.3 is 15.0 Å². The molecule has 1 N–H and O–H groups in total. The normalized spacial score (nSPS) is 16.8. The quantitative estimate of drug-likeness (QED) is 0.846. The molecule has 2 aromatic rings. The van der Waals surface area contributed by atoms with E-state index < -0.39 is 0 Å². The Morgan fingerprint density at radius 3 is 2.74 bits per heavy atom. The molecule has 7 heteroatoms. The highest BCUT2D eigenvalue weighted by Gasteiger charge is 2.20. The van der Waals surface area contributed by atoms with Crippen molar-refractivity contribution in [3.63, 3.8) is 0 Å². The first kappa shape index (κ1) is 18.9. The fourth-order valence-electron chi connectivity index (χ4n) is 3.27. The molecule has 1 aromatic heterocycles. The largest absolute Gasteiger partial charge is 0.497 e. The molecule has 0 saturated carbocycles. The highest BCUT2D eigenvalue weighted by Crippen LogP contribution is 2.16. The lowest BCUT2D eigenvalue weighted by atomic mass is 10.00. The Morgan fingerprint density at radius 2 is 2.04 bits per heavy atom. The van der Waals surface area contributed by atoms with E-state index in [-0.39, 0.29) is 11.8 Å². The average molecular weight is 370 g/mol. The van der Waals surface area contributed by atoms with Gasteiger partial charge in [0.15, 0.2) is 5.69 Å². The molecule has 1 unspecified atom stereocenters. The Hall–Kier alpha value is -2.83. The summed E-state index contributed by atoms with van der Waals surface area (Å²) in [7, 11) is 1.61. The standard InChI is InChI=1S/C20H26N4O3/c1-15-4-3-12-23(14-15)19(25)9-11-21-20(26)18-10-13-24(22-18)16-5-7-17(27-2)8-6-16/h5-8,10,13,15H,3-4,9,11-12,14H2,1-2H3,(H,21,26). The number of ether oxygens (including phenoxy) is 1. The first-order valence-electron chi connectivity index (χ1n) is 9.33.